The molecule has 5 rings (SSSR count). The van der Waals surface area contributed by atoms with Gasteiger partial charge >= 0.3 is 0 Å². The molecule has 9 nitrogen and oxygen atoms in total. The highest BCUT2D eigenvalue weighted by atomic mass is 16.2. The van der Waals surface area contributed by atoms with Crippen molar-refractivity contribution in [3.8, 4) is 16.9 Å². The number of amides is 3. The van der Waals surface area contributed by atoms with E-state index in [1.807, 2.05) is 31.2 Å². The van der Waals surface area contributed by atoms with E-state index in [0.29, 0.717) is 23.4 Å². The lowest BCUT2D eigenvalue weighted by molar-refractivity contribution is -0.136. The molecule has 0 bridgehead atoms. The molecule has 0 saturated carbocycles. The van der Waals surface area contributed by atoms with Crippen LogP contribution in [0.1, 0.15) is 34.3 Å². The number of aryl methyl sites for hydroxylation is 1. The van der Waals surface area contributed by atoms with Gasteiger partial charge in [0, 0.05) is 35.3 Å². The minimum Gasteiger partial charge on any atom is -0.399 e. The minimum absolute atomic E-state index is 0.219. The molecule has 0 spiro atoms. The van der Waals surface area contributed by atoms with E-state index < -0.39 is 11.9 Å². The van der Waals surface area contributed by atoms with Crippen molar-refractivity contribution in [1.82, 2.24) is 25.2 Å². The van der Waals surface area contributed by atoms with E-state index in [0.717, 1.165) is 22.4 Å². The number of hydrogen-bond donors (Lipinski definition) is 2. The Labute approximate surface area is 177 Å². The molecule has 9 heteroatoms. The van der Waals surface area contributed by atoms with Gasteiger partial charge in [-0.3, -0.25) is 19.7 Å². The molecule has 0 aliphatic carbocycles. The number of benzene rings is 2. The second-order valence-corrected chi connectivity index (χ2v) is 7.82. The summed E-state index contributed by atoms with van der Waals surface area (Å²) in [6, 6.07) is 10.4. The number of imide groups is 1. The van der Waals surface area contributed by atoms with Gasteiger partial charge in [0.05, 0.1) is 11.9 Å². The fourth-order valence-corrected chi connectivity index (χ4v) is 4.13. The predicted octanol–water partition coefficient (Wildman–Crippen LogP) is 1.59. The second kappa shape index (κ2) is 7.05. The van der Waals surface area contributed by atoms with E-state index in [4.69, 9.17) is 5.73 Å². The third-order valence-corrected chi connectivity index (χ3v) is 5.86. The third kappa shape index (κ3) is 3.14. The highest BCUT2D eigenvalue weighted by molar-refractivity contribution is 6.05. The molecule has 1 aromatic heterocycles. The maximum Gasteiger partial charge on any atom is 0.255 e. The van der Waals surface area contributed by atoms with Gasteiger partial charge < -0.3 is 10.6 Å². The fraction of sp³-hybridized carbons (Fsp3) is 0.227. The number of hydrogen-bond acceptors (Lipinski definition) is 6. The number of fused-ring (bicyclic) bond motifs is 1. The summed E-state index contributed by atoms with van der Waals surface area (Å²) in [6.45, 7) is 2.20. The molecule has 3 N–H and O–H groups in total. The number of nitrogens with one attached hydrogen (secondary N) is 1. The first-order valence-electron chi connectivity index (χ1n) is 9.98. The van der Waals surface area contributed by atoms with Crippen LogP contribution in [0.5, 0.6) is 0 Å². The Morgan fingerprint density at radius 2 is 2.00 bits per heavy atom. The second-order valence-electron chi connectivity index (χ2n) is 7.82. The van der Waals surface area contributed by atoms with Crippen LogP contribution in [0.3, 0.4) is 0 Å². The molecular weight excluding hydrogens is 396 g/mol. The van der Waals surface area contributed by atoms with Crippen LogP contribution in [0.15, 0.2) is 42.6 Å². The van der Waals surface area contributed by atoms with Crippen LogP contribution in [-0.2, 0) is 16.1 Å². The lowest BCUT2D eigenvalue weighted by Gasteiger charge is -2.29. The summed E-state index contributed by atoms with van der Waals surface area (Å²) in [5.41, 5.74) is 11.2. The Balaban J connectivity index is 1.47. The zero-order valence-corrected chi connectivity index (χ0v) is 16.8. The molecule has 3 aromatic rings. The highest BCUT2D eigenvalue weighted by Gasteiger charge is 2.40. The van der Waals surface area contributed by atoms with Gasteiger partial charge in [0.15, 0.2) is 0 Å². The molecule has 31 heavy (non-hydrogen) atoms. The number of rotatable bonds is 3. The number of nitrogens with zero attached hydrogens (tertiary/aromatic N) is 4. The third-order valence-electron chi connectivity index (χ3n) is 5.86. The number of anilines is 1. The summed E-state index contributed by atoms with van der Waals surface area (Å²) in [7, 11) is 0. The van der Waals surface area contributed by atoms with Crippen molar-refractivity contribution in [2.24, 2.45) is 0 Å². The maximum atomic E-state index is 13.0. The topological polar surface area (TPSA) is 123 Å². The van der Waals surface area contributed by atoms with Gasteiger partial charge in [-0.05, 0) is 43.2 Å². The fourth-order valence-electron chi connectivity index (χ4n) is 4.13. The van der Waals surface area contributed by atoms with Gasteiger partial charge in [-0.1, -0.05) is 17.3 Å². The van der Waals surface area contributed by atoms with E-state index in [-0.39, 0.29) is 24.8 Å². The van der Waals surface area contributed by atoms with Crippen molar-refractivity contribution in [3.05, 3.63) is 59.3 Å². The van der Waals surface area contributed by atoms with Crippen molar-refractivity contribution in [2.75, 3.05) is 5.73 Å². The Morgan fingerprint density at radius 1 is 1.16 bits per heavy atom. The molecule has 156 valence electrons. The Morgan fingerprint density at radius 3 is 2.77 bits per heavy atom. The van der Waals surface area contributed by atoms with Crippen LogP contribution in [0.2, 0.25) is 0 Å². The first-order valence-corrected chi connectivity index (χ1v) is 9.98. The minimum atomic E-state index is -0.658. The number of carbonyl (C=O) groups is 3. The van der Waals surface area contributed by atoms with Crippen LogP contribution in [0.25, 0.3) is 16.9 Å². The molecule has 3 heterocycles. The number of carbonyl (C=O) groups excluding carboxylic acids is 3. The maximum absolute atomic E-state index is 13.0. The lowest BCUT2D eigenvalue weighted by Crippen LogP contribution is -2.52. The summed E-state index contributed by atoms with van der Waals surface area (Å²) >= 11 is 0. The Bertz CT molecular complexity index is 1250. The average Bonchev–Trinajstić information content (AvgIpc) is 3.36. The summed E-state index contributed by atoms with van der Waals surface area (Å²) in [5.74, 6) is -0.958. The SMILES string of the molecule is Cc1cc(-c2cn(-c3cccc4c3CN(C3CCC(=O)NC3=O)C4=O)nn2)ccc1N. The van der Waals surface area contributed by atoms with Crippen LogP contribution in [0.4, 0.5) is 5.69 Å². The molecule has 0 radical (unpaired) electrons. The first kappa shape index (κ1) is 19.0. The van der Waals surface area contributed by atoms with Gasteiger partial charge in [0.25, 0.3) is 5.91 Å². The van der Waals surface area contributed by atoms with Crippen LogP contribution >= 0.6 is 0 Å². The van der Waals surface area contributed by atoms with E-state index in [1.165, 1.54) is 4.90 Å². The molecular formula is C22H20N6O3. The van der Waals surface area contributed by atoms with Crippen molar-refractivity contribution >= 4 is 23.4 Å². The molecule has 3 amide bonds. The van der Waals surface area contributed by atoms with E-state index >= 15 is 0 Å². The molecule has 2 aliphatic rings. The smallest absolute Gasteiger partial charge is 0.255 e. The summed E-state index contributed by atoms with van der Waals surface area (Å²) in [4.78, 5) is 38.3. The van der Waals surface area contributed by atoms with Gasteiger partial charge in [-0.25, -0.2) is 4.68 Å². The van der Waals surface area contributed by atoms with Gasteiger partial charge in [0.2, 0.25) is 11.8 Å². The average molecular weight is 416 g/mol. The predicted molar refractivity (Wildman–Crippen MR) is 112 cm³/mol. The summed E-state index contributed by atoms with van der Waals surface area (Å²) < 4.78 is 1.64. The largest absolute Gasteiger partial charge is 0.399 e. The van der Waals surface area contributed by atoms with Crippen LogP contribution in [-0.4, -0.2) is 43.7 Å². The molecule has 1 saturated heterocycles. The monoisotopic (exact) mass is 416 g/mol. The summed E-state index contributed by atoms with van der Waals surface area (Å²) in [5, 5.41) is 10.9. The molecule has 1 atom stereocenters. The molecule has 2 aromatic carbocycles. The van der Waals surface area contributed by atoms with Crippen LogP contribution < -0.4 is 11.1 Å². The van der Waals surface area contributed by atoms with Crippen molar-refractivity contribution in [3.63, 3.8) is 0 Å². The number of nitrogens with two attached hydrogens (primary N) is 1. The van der Waals surface area contributed by atoms with E-state index in [9.17, 15) is 14.4 Å². The van der Waals surface area contributed by atoms with E-state index in [1.54, 1.807) is 23.0 Å². The zero-order chi connectivity index (χ0) is 21.7. The Kier molecular flexibility index (Phi) is 4.32. The lowest BCUT2D eigenvalue weighted by atomic mass is 10.0. The Hall–Kier alpha value is -4.01. The molecule has 1 unspecified atom stereocenters. The van der Waals surface area contributed by atoms with Gasteiger partial charge in [-0.2, -0.15) is 0 Å². The highest BCUT2D eigenvalue weighted by Crippen LogP contribution is 2.32. The van der Waals surface area contributed by atoms with Gasteiger partial charge in [-0.15, -0.1) is 5.10 Å². The van der Waals surface area contributed by atoms with E-state index in [2.05, 4.69) is 15.6 Å². The first-order chi connectivity index (χ1) is 14.9. The van der Waals surface area contributed by atoms with Crippen molar-refractivity contribution < 1.29 is 14.4 Å². The van der Waals surface area contributed by atoms with Crippen molar-refractivity contribution in [1.29, 1.82) is 0 Å². The summed E-state index contributed by atoms with van der Waals surface area (Å²) in [6.07, 6.45) is 2.35. The number of aromatic nitrogens is 3. The molecule has 1 fully saturated rings. The zero-order valence-electron chi connectivity index (χ0n) is 16.8. The quantitative estimate of drug-likeness (QED) is 0.494. The van der Waals surface area contributed by atoms with Crippen molar-refractivity contribution in [2.45, 2.75) is 32.4 Å². The normalized spacial score (nSPS) is 18.3. The molecule has 2 aliphatic heterocycles. The van der Waals surface area contributed by atoms with Crippen LogP contribution in [0, 0.1) is 6.92 Å². The van der Waals surface area contributed by atoms with Gasteiger partial charge in [0.1, 0.15) is 11.7 Å². The standard InChI is InChI=1S/C22H20N6O3/c1-12-9-13(5-6-16(12)23)17-11-28(26-25-17)18-4-2-3-14-15(18)10-27(22(14)31)19-7-8-20(29)24-21(19)30/h2-6,9,11,19H,7-8,10,23H2,1H3,(H,24,29,30). The number of nitrogen functional groups attached to an aromatic ring is 1. The number of piperidine rings is 1.